The van der Waals surface area contributed by atoms with Gasteiger partial charge in [0.15, 0.2) is 0 Å². The van der Waals surface area contributed by atoms with E-state index in [4.69, 9.17) is 0 Å². The summed E-state index contributed by atoms with van der Waals surface area (Å²) in [6, 6.07) is -3.47. The number of alkyl halides is 4. The Kier molecular flexibility index (Phi) is 4.18. The van der Waals surface area contributed by atoms with E-state index in [2.05, 4.69) is 11.6 Å². The highest BCUT2D eigenvalue weighted by Gasteiger charge is 2.48. The maximum absolute atomic E-state index is 12.7. The molecule has 1 nitrogen and oxygen atoms in total. The van der Waals surface area contributed by atoms with Crippen molar-refractivity contribution in [2.75, 3.05) is 13.1 Å². The summed E-state index contributed by atoms with van der Waals surface area (Å²) in [5.41, 5.74) is -2.60. The minimum absolute atomic E-state index is 0.139. The molecule has 0 amide bonds. The van der Waals surface area contributed by atoms with Gasteiger partial charge in [0.1, 0.15) is 0 Å². The smallest absolute Gasteiger partial charge is 0.271 e. The van der Waals surface area contributed by atoms with E-state index < -0.39 is 11.7 Å². The second-order valence-corrected chi connectivity index (χ2v) is 2.62. The molecule has 0 saturated heterocycles. The summed E-state index contributed by atoms with van der Waals surface area (Å²) in [6.45, 7) is 3.45. The van der Waals surface area contributed by atoms with Gasteiger partial charge < -0.3 is 0 Å². The van der Waals surface area contributed by atoms with Crippen molar-refractivity contribution in [3.8, 4) is 0 Å². The second kappa shape index (κ2) is 4.16. The third kappa shape index (κ3) is 2.52. The summed E-state index contributed by atoms with van der Waals surface area (Å²) in [6.07, 6.45) is 0. The maximum Gasteiger partial charge on any atom is 0.434 e. The van der Waals surface area contributed by atoms with Crippen LogP contribution in [0.15, 0.2) is 0 Å². The van der Waals surface area contributed by atoms with Crippen LogP contribution in [-0.2, 0) is 0 Å². The fourth-order valence-electron chi connectivity index (χ4n) is 0.876. The van der Waals surface area contributed by atoms with Crippen LogP contribution in [0.3, 0.4) is 0 Å². The van der Waals surface area contributed by atoms with Crippen LogP contribution in [0.5, 0.6) is 0 Å². The summed E-state index contributed by atoms with van der Waals surface area (Å²) >= 11 is 4.68. The molecule has 0 aliphatic carbocycles. The Morgan fingerprint density at radius 2 is 1.73 bits per heavy atom. The van der Waals surface area contributed by atoms with E-state index in [9.17, 15) is 13.2 Å². The predicted molar refractivity (Wildman–Crippen MR) is 37.7 cm³/mol. The highest BCUT2D eigenvalue weighted by molar-refractivity contribution is 6.20. The monoisotopic (exact) mass is 190 g/mol. The molecule has 0 rings (SSSR count). The van der Waals surface area contributed by atoms with Crippen LogP contribution < -0.4 is 4.90 Å². The minimum Gasteiger partial charge on any atom is -0.271 e. The first-order valence-electron chi connectivity index (χ1n) is 3.47. The highest BCUT2D eigenvalue weighted by atomic mass is 35.5. The van der Waals surface area contributed by atoms with E-state index in [-0.39, 0.29) is 18.0 Å². The van der Waals surface area contributed by atoms with Crippen LogP contribution in [0.25, 0.3) is 0 Å². The highest BCUT2D eigenvalue weighted by Crippen LogP contribution is 2.17. The van der Waals surface area contributed by atoms with E-state index >= 15 is 0 Å². The molecule has 0 aromatic heterocycles. The van der Waals surface area contributed by atoms with Crippen molar-refractivity contribution in [3.05, 3.63) is 0 Å². The van der Waals surface area contributed by atoms with Crippen molar-refractivity contribution in [1.29, 1.82) is 0 Å². The Morgan fingerprint density at radius 1 is 1.36 bits per heavy atom. The van der Waals surface area contributed by atoms with Gasteiger partial charge in [-0.25, -0.2) is 4.39 Å². The van der Waals surface area contributed by atoms with Gasteiger partial charge in [0.25, 0.3) is 5.63 Å². The van der Waals surface area contributed by atoms with Gasteiger partial charge in [-0.05, 0) is 13.8 Å². The summed E-state index contributed by atoms with van der Waals surface area (Å²) < 4.78 is 37.4. The molecule has 0 aliphatic rings. The third-order valence-electron chi connectivity index (χ3n) is 1.60. The molecule has 5 heteroatoms. The van der Waals surface area contributed by atoms with Gasteiger partial charge in [0, 0.05) is 0 Å². The Morgan fingerprint density at radius 3 is 1.82 bits per heavy atom. The van der Waals surface area contributed by atoms with Crippen LogP contribution >= 0.6 is 11.6 Å². The Labute approximate surface area is 69.1 Å². The first-order chi connectivity index (χ1) is 4.96. The first kappa shape index (κ1) is 11.0. The molecule has 0 heterocycles. The summed E-state index contributed by atoms with van der Waals surface area (Å²) in [4.78, 5) is -0.139. The molecule has 0 radical (unpaired) electrons. The van der Waals surface area contributed by atoms with Crippen LogP contribution in [-0.4, -0.2) is 24.8 Å². The molecule has 0 unspecified atom stereocenters. The zero-order valence-corrected chi connectivity index (χ0v) is 7.26. The second-order valence-electron chi connectivity index (χ2n) is 2.23. The van der Waals surface area contributed by atoms with E-state index in [1.165, 1.54) is 0 Å². The van der Waals surface area contributed by atoms with E-state index in [0.29, 0.717) is 0 Å². The van der Waals surface area contributed by atoms with Crippen molar-refractivity contribution in [1.82, 2.24) is 0 Å². The number of halogens is 4. The lowest BCUT2D eigenvalue weighted by Crippen LogP contribution is -3.19. The SMILES string of the molecule is CC[NH+](CC)C(F)(F)[C@H](F)Cl. The molecule has 0 bridgehead atoms. The molecule has 68 valence electrons. The molecular formula is C6H12ClF3N+. The predicted octanol–water partition coefficient (Wildman–Crippen LogP) is 1.04. The van der Waals surface area contributed by atoms with Gasteiger partial charge in [-0.2, -0.15) is 0 Å². The fraction of sp³-hybridized carbons (Fsp3) is 1.00. The molecule has 0 fully saturated rings. The van der Waals surface area contributed by atoms with E-state index in [1.54, 1.807) is 13.8 Å². The van der Waals surface area contributed by atoms with Crippen molar-refractivity contribution in [2.45, 2.75) is 25.5 Å². The van der Waals surface area contributed by atoms with Gasteiger partial charge in [0.05, 0.1) is 13.1 Å². The Balaban J connectivity index is 4.24. The molecule has 0 spiro atoms. The first-order valence-corrected chi connectivity index (χ1v) is 3.91. The standard InChI is InChI=1S/C6H11ClF3N/c1-3-11(4-2)6(9,10)5(7)8/h5H,3-4H2,1-2H3/p+1/t5-/m0/s1. The van der Waals surface area contributed by atoms with E-state index in [0.717, 1.165) is 0 Å². The molecule has 0 aliphatic heterocycles. The Bertz CT molecular complexity index is 114. The normalized spacial score (nSPS) is 15.5. The number of hydrogen-bond donors (Lipinski definition) is 1. The topological polar surface area (TPSA) is 4.44 Å². The fourth-order valence-corrected chi connectivity index (χ4v) is 1.03. The Hall–Kier alpha value is 0.0400. The quantitative estimate of drug-likeness (QED) is 0.499. The lowest BCUT2D eigenvalue weighted by Gasteiger charge is -2.25. The summed E-state index contributed by atoms with van der Waals surface area (Å²) in [7, 11) is 0. The van der Waals surface area contributed by atoms with Gasteiger partial charge in [-0.3, -0.25) is 4.90 Å². The molecule has 0 aromatic carbocycles. The number of rotatable bonds is 4. The molecule has 1 N–H and O–H groups in total. The van der Waals surface area contributed by atoms with Crippen LogP contribution in [0.4, 0.5) is 13.2 Å². The summed E-state index contributed by atoms with van der Waals surface area (Å²) in [5.74, 6) is 0. The average molecular weight is 191 g/mol. The van der Waals surface area contributed by atoms with E-state index in [1.807, 2.05) is 0 Å². The summed E-state index contributed by atoms with van der Waals surface area (Å²) in [5, 5.41) is 0. The van der Waals surface area contributed by atoms with Crippen molar-refractivity contribution >= 4 is 11.6 Å². The van der Waals surface area contributed by atoms with Gasteiger partial charge in [-0.1, -0.05) is 11.6 Å². The minimum atomic E-state index is -3.47. The van der Waals surface area contributed by atoms with Gasteiger partial charge >= 0.3 is 6.05 Å². The zero-order valence-electron chi connectivity index (χ0n) is 6.50. The average Bonchev–Trinajstić information content (AvgIpc) is 1.89. The number of nitrogens with one attached hydrogen (secondary N) is 1. The lowest BCUT2D eigenvalue weighted by molar-refractivity contribution is -0.987. The molecule has 1 atom stereocenters. The van der Waals surface area contributed by atoms with Crippen molar-refractivity contribution in [2.24, 2.45) is 0 Å². The van der Waals surface area contributed by atoms with Gasteiger partial charge in [-0.15, -0.1) is 8.78 Å². The zero-order chi connectivity index (χ0) is 9.07. The molecule has 0 saturated carbocycles. The molecular weight excluding hydrogens is 179 g/mol. The van der Waals surface area contributed by atoms with Crippen LogP contribution in [0, 0.1) is 0 Å². The van der Waals surface area contributed by atoms with Crippen molar-refractivity contribution in [3.63, 3.8) is 0 Å². The maximum atomic E-state index is 12.7. The number of hydrogen-bond acceptors (Lipinski definition) is 0. The number of quaternary nitrogens is 1. The van der Waals surface area contributed by atoms with Crippen LogP contribution in [0.2, 0.25) is 0 Å². The molecule has 11 heavy (non-hydrogen) atoms. The third-order valence-corrected chi connectivity index (χ3v) is 1.87. The van der Waals surface area contributed by atoms with Gasteiger partial charge in [0.2, 0.25) is 0 Å². The lowest BCUT2D eigenvalue weighted by atomic mass is 10.4. The van der Waals surface area contributed by atoms with Crippen LogP contribution in [0.1, 0.15) is 13.8 Å². The van der Waals surface area contributed by atoms with Crippen molar-refractivity contribution < 1.29 is 18.1 Å². The largest absolute Gasteiger partial charge is 0.434 e. The molecule has 0 aromatic rings.